The van der Waals surface area contributed by atoms with E-state index in [1.807, 2.05) is 18.4 Å². The Bertz CT molecular complexity index is 402. The number of carbonyl (C=O) groups is 2. The van der Waals surface area contributed by atoms with E-state index in [9.17, 15) is 9.59 Å². The molecule has 0 atom stereocenters. The van der Waals surface area contributed by atoms with Crippen LogP contribution < -0.4 is 0 Å². The fourth-order valence-corrected chi connectivity index (χ4v) is 2.16. The van der Waals surface area contributed by atoms with Crippen LogP contribution in [0.15, 0.2) is 23.1 Å². The monoisotopic (exact) mass is 252 g/mol. The molecule has 3 nitrogen and oxygen atoms in total. The zero-order chi connectivity index (χ0) is 12.7. The summed E-state index contributed by atoms with van der Waals surface area (Å²) in [4.78, 5) is 23.1. The predicted molar refractivity (Wildman–Crippen MR) is 68.6 cm³/mol. The van der Waals surface area contributed by atoms with Gasteiger partial charge in [0, 0.05) is 11.3 Å². The standard InChI is InChI=1S/C13H16O3S/c1-3-16-13(15)11-6-7-12(17-2)10(9-11)5-4-8-14/h6-9H,3-5H2,1-2H3. The van der Waals surface area contributed by atoms with E-state index in [-0.39, 0.29) is 5.97 Å². The zero-order valence-electron chi connectivity index (χ0n) is 10.1. The number of aldehydes is 1. The highest BCUT2D eigenvalue weighted by Gasteiger charge is 2.09. The molecule has 0 heterocycles. The molecule has 0 fully saturated rings. The molecule has 17 heavy (non-hydrogen) atoms. The van der Waals surface area contributed by atoms with E-state index in [1.165, 1.54) is 0 Å². The van der Waals surface area contributed by atoms with Gasteiger partial charge in [-0.05, 0) is 43.4 Å². The molecule has 0 unspecified atom stereocenters. The molecule has 0 saturated heterocycles. The van der Waals surface area contributed by atoms with Gasteiger partial charge in [-0.2, -0.15) is 0 Å². The molecule has 1 rings (SSSR count). The quantitative estimate of drug-likeness (QED) is 0.443. The number of aryl methyl sites for hydroxylation is 1. The summed E-state index contributed by atoms with van der Waals surface area (Å²) in [7, 11) is 0. The lowest BCUT2D eigenvalue weighted by molar-refractivity contribution is -0.107. The highest BCUT2D eigenvalue weighted by atomic mass is 32.2. The smallest absolute Gasteiger partial charge is 0.338 e. The van der Waals surface area contributed by atoms with Gasteiger partial charge in [0.05, 0.1) is 12.2 Å². The fourth-order valence-electron chi connectivity index (χ4n) is 1.53. The first-order valence-electron chi connectivity index (χ1n) is 5.50. The Balaban J connectivity index is 2.95. The fraction of sp³-hybridized carbons (Fsp3) is 0.385. The van der Waals surface area contributed by atoms with Gasteiger partial charge < -0.3 is 9.53 Å². The van der Waals surface area contributed by atoms with Crippen molar-refractivity contribution in [1.82, 2.24) is 0 Å². The highest BCUT2D eigenvalue weighted by molar-refractivity contribution is 7.98. The van der Waals surface area contributed by atoms with E-state index in [0.29, 0.717) is 25.0 Å². The minimum Gasteiger partial charge on any atom is -0.462 e. The van der Waals surface area contributed by atoms with E-state index in [4.69, 9.17) is 4.74 Å². The lowest BCUT2D eigenvalue weighted by Gasteiger charge is -2.08. The molecule has 0 N–H and O–H groups in total. The number of thioether (sulfide) groups is 1. The van der Waals surface area contributed by atoms with E-state index in [2.05, 4.69) is 0 Å². The number of benzene rings is 1. The van der Waals surface area contributed by atoms with Crippen LogP contribution in [0, 0.1) is 0 Å². The van der Waals surface area contributed by atoms with Crippen LogP contribution in [0.25, 0.3) is 0 Å². The van der Waals surface area contributed by atoms with Crippen molar-refractivity contribution >= 4 is 24.0 Å². The van der Waals surface area contributed by atoms with E-state index in [1.54, 1.807) is 24.8 Å². The molecule has 0 bridgehead atoms. The molecule has 0 radical (unpaired) electrons. The number of rotatable bonds is 6. The van der Waals surface area contributed by atoms with Crippen LogP contribution in [-0.4, -0.2) is 25.1 Å². The first-order valence-corrected chi connectivity index (χ1v) is 6.73. The molecular weight excluding hydrogens is 236 g/mol. The SMILES string of the molecule is CCOC(=O)c1ccc(SC)c(CCC=O)c1. The predicted octanol–water partition coefficient (Wildman–Crippen LogP) is 2.72. The number of hydrogen-bond acceptors (Lipinski definition) is 4. The van der Waals surface area contributed by atoms with Gasteiger partial charge in [-0.1, -0.05) is 0 Å². The minimum absolute atomic E-state index is 0.312. The lowest BCUT2D eigenvalue weighted by Crippen LogP contribution is -2.05. The largest absolute Gasteiger partial charge is 0.462 e. The molecule has 0 aliphatic heterocycles. The van der Waals surface area contributed by atoms with Crippen LogP contribution in [0.2, 0.25) is 0 Å². The van der Waals surface area contributed by atoms with E-state index < -0.39 is 0 Å². The van der Waals surface area contributed by atoms with Crippen LogP contribution in [0.1, 0.15) is 29.3 Å². The maximum absolute atomic E-state index is 11.6. The Morgan fingerprint density at radius 2 is 2.24 bits per heavy atom. The molecule has 92 valence electrons. The molecule has 0 aliphatic carbocycles. The van der Waals surface area contributed by atoms with Crippen LogP contribution in [0.5, 0.6) is 0 Å². The number of esters is 1. The summed E-state index contributed by atoms with van der Waals surface area (Å²) < 4.78 is 4.95. The minimum atomic E-state index is -0.312. The number of ether oxygens (including phenoxy) is 1. The van der Waals surface area contributed by atoms with Crippen LogP contribution in [0.4, 0.5) is 0 Å². The summed E-state index contributed by atoms with van der Waals surface area (Å²) in [6, 6.07) is 5.47. The normalized spacial score (nSPS) is 10.0. The maximum atomic E-state index is 11.6. The summed E-state index contributed by atoms with van der Waals surface area (Å²) in [5, 5.41) is 0. The maximum Gasteiger partial charge on any atom is 0.338 e. The molecule has 0 amide bonds. The van der Waals surface area contributed by atoms with Crippen molar-refractivity contribution in [3.05, 3.63) is 29.3 Å². The van der Waals surface area contributed by atoms with Crippen LogP contribution in [-0.2, 0) is 16.0 Å². The third-order valence-electron chi connectivity index (χ3n) is 2.32. The van der Waals surface area contributed by atoms with E-state index in [0.717, 1.165) is 16.7 Å². The molecule has 0 spiro atoms. The van der Waals surface area contributed by atoms with Gasteiger partial charge in [0.25, 0.3) is 0 Å². The van der Waals surface area contributed by atoms with Crippen molar-refractivity contribution in [2.45, 2.75) is 24.7 Å². The summed E-state index contributed by atoms with van der Waals surface area (Å²) in [6.45, 7) is 2.15. The molecule has 0 aliphatic rings. The first kappa shape index (κ1) is 13.8. The Morgan fingerprint density at radius 1 is 1.47 bits per heavy atom. The number of hydrogen-bond donors (Lipinski definition) is 0. The molecule has 1 aromatic rings. The summed E-state index contributed by atoms with van der Waals surface area (Å²) in [5.41, 5.74) is 1.57. The zero-order valence-corrected chi connectivity index (χ0v) is 10.9. The van der Waals surface area contributed by atoms with Crippen molar-refractivity contribution in [3.8, 4) is 0 Å². The summed E-state index contributed by atoms with van der Waals surface area (Å²) in [5.74, 6) is -0.312. The Hall–Kier alpha value is -1.29. The Labute approximate surface area is 106 Å². The molecular formula is C13H16O3S. The van der Waals surface area contributed by atoms with E-state index >= 15 is 0 Å². The molecule has 1 aromatic carbocycles. The average molecular weight is 252 g/mol. The van der Waals surface area contributed by atoms with Gasteiger partial charge in [0.1, 0.15) is 6.29 Å². The summed E-state index contributed by atoms with van der Waals surface area (Å²) in [6.07, 6.45) is 4.00. The van der Waals surface area contributed by atoms with Gasteiger partial charge in [0.15, 0.2) is 0 Å². The Kier molecular flexibility index (Phi) is 5.77. The second kappa shape index (κ2) is 7.12. The van der Waals surface area contributed by atoms with Crippen LogP contribution in [0.3, 0.4) is 0 Å². The Morgan fingerprint density at radius 3 is 2.82 bits per heavy atom. The van der Waals surface area contributed by atoms with Crippen molar-refractivity contribution < 1.29 is 14.3 Å². The number of carbonyl (C=O) groups excluding carboxylic acids is 2. The van der Waals surface area contributed by atoms with Crippen molar-refractivity contribution in [2.24, 2.45) is 0 Å². The van der Waals surface area contributed by atoms with Crippen molar-refractivity contribution in [1.29, 1.82) is 0 Å². The topological polar surface area (TPSA) is 43.4 Å². The van der Waals surface area contributed by atoms with Crippen LogP contribution >= 0.6 is 11.8 Å². The second-order valence-electron chi connectivity index (χ2n) is 3.45. The van der Waals surface area contributed by atoms with Gasteiger partial charge in [-0.3, -0.25) is 0 Å². The lowest BCUT2D eigenvalue weighted by atomic mass is 10.1. The van der Waals surface area contributed by atoms with Gasteiger partial charge in [-0.25, -0.2) is 4.79 Å². The van der Waals surface area contributed by atoms with Crippen molar-refractivity contribution in [2.75, 3.05) is 12.9 Å². The third kappa shape index (κ3) is 3.89. The molecule has 0 aromatic heterocycles. The van der Waals surface area contributed by atoms with Gasteiger partial charge in [0.2, 0.25) is 0 Å². The first-order chi connectivity index (χ1) is 8.22. The third-order valence-corrected chi connectivity index (χ3v) is 3.16. The second-order valence-corrected chi connectivity index (χ2v) is 4.30. The van der Waals surface area contributed by atoms with Gasteiger partial charge >= 0.3 is 5.97 Å². The molecule has 4 heteroatoms. The van der Waals surface area contributed by atoms with Crippen molar-refractivity contribution in [3.63, 3.8) is 0 Å². The average Bonchev–Trinajstić information content (AvgIpc) is 2.36. The highest BCUT2D eigenvalue weighted by Crippen LogP contribution is 2.23. The van der Waals surface area contributed by atoms with Gasteiger partial charge in [-0.15, -0.1) is 11.8 Å². The summed E-state index contributed by atoms with van der Waals surface area (Å²) >= 11 is 1.61. The molecule has 0 saturated carbocycles.